The molecule has 7 nitrogen and oxygen atoms in total. The molecule has 0 radical (unpaired) electrons. The first-order valence-corrected chi connectivity index (χ1v) is 11.7. The van der Waals surface area contributed by atoms with Gasteiger partial charge in [0.15, 0.2) is 0 Å². The van der Waals surface area contributed by atoms with Crippen LogP contribution in [0.5, 0.6) is 5.75 Å². The van der Waals surface area contributed by atoms with Crippen molar-refractivity contribution in [3.8, 4) is 5.75 Å². The van der Waals surface area contributed by atoms with E-state index in [4.69, 9.17) is 33.8 Å². The SMILES string of the molecule is Nn1c(N/N=C/c2ccccc2OCc2ccccc2)nnc1SCc1ccc(Cl)c(Cl)c1. The van der Waals surface area contributed by atoms with Crippen molar-refractivity contribution in [1.82, 2.24) is 14.9 Å². The van der Waals surface area contributed by atoms with Gasteiger partial charge in [0.05, 0.1) is 16.3 Å². The van der Waals surface area contributed by atoms with Gasteiger partial charge in [0.2, 0.25) is 5.16 Å². The summed E-state index contributed by atoms with van der Waals surface area (Å²) in [5.74, 6) is 7.75. The average molecular weight is 499 g/mol. The molecule has 0 spiro atoms. The summed E-state index contributed by atoms with van der Waals surface area (Å²) in [4.78, 5) is 0. The molecule has 0 saturated carbocycles. The zero-order valence-electron chi connectivity index (χ0n) is 17.4. The number of hydrogen-bond acceptors (Lipinski definition) is 7. The number of thioether (sulfide) groups is 1. The first-order chi connectivity index (χ1) is 16.1. The second kappa shape index (κ2) is 11.1. The third-order valence-corrected chi connectivity index (χ3v) is 6.29. The Labute approximate surface area is 205 Å². The fourth-order valence-electron chi connectivity index (χ4n) is 2.84. The van der Waals surface area contributed by atoms with E-state index in [0.717, 1.165) is 22.4 Å². The van der Waals surface area contributed by atoms with Gasteiger partial charge in [-0.2, -0.15) is 5.10 Å². The topological polar surface area (TPSA) is 90.3 Å². The summed E-state index contributed by atoms with van der Waals surface area (Å²) in [6, 6.07) is 23.1. The number of halogens is 2. The molecule has 4 rings (SSSR count). The number of benzene rings is 3. The van der Waals surface area contributed by atoms with Gasteiger partial charge in [0.1, 0.15) is 12.4 Å². The Kier molecular flexibility index (Phi) is 7.72. The van der Waals surface area contributed by atoms with Crippen LogP contribution in [-0.2, 0) is 12.4 Å². The largest absolute Gasteiger partial charge is 0.488 e. The molecule has 0 fully saturated rings. The van der Waals surface area contributed by atoms with Crippen LogP contribution in [0.15, 0.2) is 83.1 Å². The molecular formula is C23H20Cl2N6OS. The lowest BCUT2D eigenvalue weighted by Gasteiger charge is -2.09. The molecule has 0 unspecified atom stereocenters. The van der Waals surface area contributed by atoms with Crippen LogP contribution in [0.3, 0.4) is 0 Å². The molecule has 0 aliphatic carbocycles. The van der Waals surface area contributed by atoms with Gasteiger partial charge in [-0.3, -0.25) is 0 Å². The molecular weight excluding hydrogens is 479 g/mol. The van der Waals surface area contributed by atoms with Crippen molar-refractivity contribution in [2.75, 3.05) is 11.3 Å². The summed E-state index contributed by atoms with van der Waals surface area (Å²) in [6.07, 6.45) is 1.65. The van der Waals surface area contributed by atoms with Crippen LogP contribution in [0, 0.1) is 0 Å². The number of nitrogen functional groups attached to an aromatic ring is 1. The van der Waals surface area contributed by atoms with Crippen LogP contribution in [0.2, 0.25) is 10.0 Å². The van der Waals surface area contributed by atoms with Crippen molar-refractivity contribution in [3.05, 3.63) is 99.5 Å². The number of nitrogens with one attached hydrogen (secondary N) is 1. The summed E-state index contributed by atoms with van der Waals surface area (Å²) >= 11 is 13.4. The maximum Gasteiger partial charge on any atom is 0.264 e. The Morgan fingerprint density at radius 1 is 0.970 bits per heavy atom. The minimum atomic E-state index is 0.311. The van der Waals surface area contributed by atoms with Gasteiger partial charge >= 0.3 is 0 Å². The minimum Gasteiger partial charge on any atom is -0.488 e. The Bertz CT molecular complexity index is 1250. The summed E-state index contributed by atoms with van der Waals surface area (Å²) in [7, 11) is 0. The number of nitrogens with two attached hydrogens (primary N) is 1. The second-order valence-electron chi connectivity index (χ2n) is 6.90. The van der Waals surface area contributed by atoms with E-state index in [1.165, 1.54) is 16.4 Å². The maximum atomic E-state index is 6.11. The van der Waals surface area contributed by atoms with Gasteiger partial charge in [-0.05, 0) is 35.4 Å². The summed E-state index contributed by atoms with van der Waals surface area (Å²) in [5, 5.41) is 14.0. The fraction of sp³-hybridized carbons (Fsp3) is 0.0870. The zero-order valence-corrected chi connectivity index (χ0v) is 19.7. The van der Waals surface area contributed by atoms with E-state index < -0.39 is 0 Å². The predicted octanol–water partition coefficient (Wildman–Crippen LogP) is 5.62. The van der Waals surface area contributed by atoms with Gasteiger partial charge in [-0.1, -0.05) is 83.5 Å². The number of hydrogen-bond donors (Lipinski definition) is 2. The van der Waals surface area contributed by atoms with Crippen LogP contribution >= 0.6 is 35.0 Å². The quantitative estimate of drug-likeness (QED) is 0.135. The van der Waals surface area contributed by atoms with E-state index in [0.29, 0.717) is 33.5 Å². The minimum absolute atomic E-state index is 0.311. The number of rotatable bonds is 9. The highest BCUT2D eigenvalue weighted by Crippen LogP contribution is 2.27. The number of para-hydroxylation sites is 1. The standard InChI is InChI=1S/C23H20Cl2N6OS/c24-19-11-10-17(12-20(19)25)15-33-23-30-29-22(31(23)26)28-27-13-18-8-4-5-9-21(18)32-14-16-6-2-1-3-7-16/h1-13H,14-15,26H2,(H,28,29)/b27-13+. The molecule has 1 aromatic heterocycles. The van der Waals surface area contributed by atoms with E-state index in [2.05, 4.69) is 20.7 Å². The molecule has 0 amide bonds. The number of aromatic nitrogens is 3. The lowest BCUT2D eigenvalue weighted by atomic mass is 10.2. The highest BCUT2D eigenvalue weighted by Gasteiger charge is 2.10. The zero-order chi connectivity index (χ0) is 23.0. The van der Waals surface area contributed by atoms with E-state index in [1.807, 2.05) is 66.7 Å². The van der Waals surface area contributed by atoms with Crippen molar-refractivity contribution >= 4 is 47.1 Å². The highest BCUT2D eigenvalue weighted by atomic mass is 35.5. The lowest BCUT2D eigenvalue weighted by Crippen LogP contribution is -2.13. The lowest BCUT2D eigenvalue weighted by molar-refractivity contribution is 0.306. The molecule has 33 heavy (non-hydrogen) atoms. The molecule has 0 bridgehead atoms. The van der Waals surface area contributed by atoms with E-state index in [1.54, 1.807) is 12.3 Å². The third-order valence-electron chi connectivity index (χ3n) is 4.54. The van der Waals surface area contributed by atoms with E-state index >= 15 is 0 Å². The molecule has 3 N–H and O–H groups in total. The first-order valence-electron chi connectivity index (χ1n) is 9.92. The number of ether oxygens (including phenoxy) is 1. The van der Waals surface area contributed by atoms with Crippen LogP contribution < -0.4 is 16.0 Å². The molecule has 3 aromatic carbocycles. The Hall–Kier alpha value is -3.20. The van der Waals surface area contributed by atoms with Gasteiger partial charge in [-0.15, -0.1) is 10.2 Å². The van der Waals surface area contributed by atoms with Crippen LogP contribution in [0.25, 0.3) is 0 Å². The van der Waals surface area contributed by atoms with Crippen molar-refractivity contribution in [2.45, 2.75) is 17.5 Å². The molecule has 0 aliphatic rings. The molecule has 10 heteroatoms. The molecule has 0 saturated heterocycles. The predicted molar refractivity (Wildman–Crippen MR) is 135 cm³/mol. The van der Waals surface area contributed by atoms with E-state index in [-0.39, 0.29) is 0 Å². The fourth-order valence-corrected chi connectivity index (χ4v) is 3.96. The van der Waals surface area contributed by atoms with E-state index in [9.17, 15) is 0 Å². The number of anilines is 1. The molecule has 0 atom stereocenters. The van der Waals surface area contributed by atoms with Gasteiger partial charge in [0.25, 0.3) is 5.95 Å². The smallest absolute Gasteiger partial charge is 0.264 e. The number of hydrazone groups is 1. The summed E-state index contributed by atoms with van der Waals surface area (Å²) < 4.78 is 7.29. The second-order valence-corrected chi connectivity index (χ2v) is 8.65. The highest BCUT2D eigenvalue weighted by molar-refractivity contribution is 7.98. The average Bonchev–Trinajstić information content (AvgIpc) is 3.19. The van der Waals surface area contributed by atoms with Gasteiger partial charge < -0.3 is 10.6 Å². The normalized spacial score (nSPS) is 11.1. The van der Waals surface area contributed by atoms with Crippen molar-refractivity contribution < 1.29 is 4.74 Å². The summed E-state index contributed by atoms with van der Waals surface area (Å²) in [5.41, 5.74) is 5.73. The maximum absolute atomic E-state index is 6.11. The van der Waals surface area contributed by atoms with Crippen molar-refractivity contribution in [1.29, 1.82) is 0 Å². The Balaban J connectivity index is 1.36. The van der Waals surface area contributed by atoms with Crippen molar-refractivity contribution in [3.63, 3.8) is 0 Å². The van der Waals surface area contributed by atoms with Crippen molar-refractivity contribution in [2.24, 2.45) is 5.10 Å². The van der Waals surface area contributed by atoms with Gasteiger partial charge in [-0.25, -0.2) is 10.1 Å². The monoisotopic (exact) mass is 498 g/mol. The van der Waals surface area contributed by atoms with Crippen LogP contribution in [0.1, 0.15) is 16.7 Å². The molecule has 4 aromatic rings. The van der Waals surface area contributed by atoms with Crippen LogP contribution in [0.4, 0.5) is 5.95 Å². The van der Waals surface area contributed by atoms with Gasteiger partial charge in [0, 0.05) is 11.3 Å². The van der Waals surface area contributed by atoms with Crippen LogP contribution in [-0.4, -0.2) is 21.1 Å². The first kappa shape index (κ1) is 23.0. The Morgan fingerprint density at radius 3 is 2.58 bits per heavy atom. The summed E-state index contributed by atoms with van der Waals surface area (Å²) in [6.45, 7) is 0.468. The molecule has 1 heterocycles. The Morgan fingerprint density at radius 2 is 1.76 bits per heavy atom. The number of nitrogens with zero attached hydrogens (tertiary/aromatic N) is 4. The third kappa shape index (κ3) is 6.19. The molecule has 168 valence electrons. The molecule has 0 aliphatic heterocycles.